The standard InChI is InChI=1S/C7H7NO4S.Na/c1-5-4-6(8(9)10)2-3-7(5)13(11)12;/h2-4H,1H3,(H,11,12);/q;+1/p-1. The Morgan fingerprint density at radius 3 is 2.36 bits per heavy atom. The first-order valence-electron chi connectivity index (χ1n) is 3.36. The van der Waals surface area contributed by atoms with Crippen LogP contribution in [0.2, 0.25) is 0 Å². The molecule has 0 radical (unpaired) electrons. The Bertz CT molecular complexity index is 382. The van der Waals surface area contributed by atoms with E-state index in [-0.39, 0.29) is 40.1 Å². The van der Waals surface area contributed by atoms with Gasteiger partial charge in [-0.3, -0.25) is 14.3 Å². The van der Waals surface area contributed by atoms with Gasteiger partial charge in [-0.2, -0.15) is 0 Å². The van der Waals surface area contributed by atoms with Gasteiger partial charge >= 0.3 is 29.6 Å². The number of hydrogen-bond acceptors (Lipinski definition) is 4. The first-order chi connectivity index (χ1) is 6.02. The van der Waals surface area contributed by atoms with Crippen LogP contribution in [0.25, 0.3) is 0 Å². The second kappa shape index (κ2) is 5.57. The summed E-state index contributed by atoms with van der Waals surface area (Å²) in [5.41, 5.74) is 0.272. The Hall–Kier alpha value is -0.270. The molecule has 0 aromatic heterocycles. The molecule has 0 N–H and O–H groups in total. The number of aryl methyl sites for hydroxylation is 1. The number of non-ortho nitro benzene ring substituents is 1. The van der Waals surface area contributed by atoms with Crippen LogP contribution in [0.15, 0.2) is 23.1 Å². The van der Waals surface area contributed by atoms with E-state index in [1.165, 1.54) is 19.1 Å². The molecule has 70 valence electrons. The third-order valence-corrected chi connectivity index (χ3v) is 2.37. The summed E-state index contributed by atoms with van der Waals surface area (Å²) in [7, 11) is 0. The molecular formula is C7H6NNaO4S. The fourth-order valence-corrected chi connectivity index (χ4v) is 1.44. The molecule has 1 atom stereocenters. The second-order valence-electron chi connectivity index (χ2n) is 2.44. The monoisotopic (exact) mass is 223 g/mol. The van der Waals surface area contributed by atoms with Gasteiger partial charge in [0.2, 0.25) is 0 Å². The van der Waals surface area contributed by atoms with Crippen LogP contribution >= 0.6 is 0 Å². The Labute approximate surface area is 105 Å². The SMILES string of the molecule is Cc1cc([N+](=O)[O-])ccc1S(=O)[O-].[Na+]. The zero-order valence-electron chi connectivity index (χ0n) is 7.72. The molecule has 0 bridgehead atoms. The first-order valence-corrected chi connectivity index (χ1v) is 4.44. The number of nitro benzene ring substituents is 1. The molecule has 5 nitrogen and oxygen atoms in total. The van der Waals surface area contributed by atoms with Gasteiger partial charge in [-0.1, -0.05) is 0 Å². The minimum absolute atomic E-state index is 0. The summed E-state index contributed by atoms with van der Waals surface area (Å²) in [4.78, 5) is 9.81. The molecule has 0 fully saturated rings. The van der Waals surface area contributed by atoms with E-state index in [0.29, 0.717) is 5.56 Å². The van der Waals surface area contributed by atoms with E-state index in [1.54, 1.807) is 0 Å². The van der Waals surface area contributed by atoms with Crippen LogP contribution in [0.4, 0.5) is 5.69 Å². The van der Waals surface area contributed by atoms with E-state index >= 15 is 0 Å². The maximum atomic E-state index is 10.5. The predicted octanol–water partition coefficient (Wildman–Crippen LogP) is -1.85. The zero-order chi connectivity index (χ0) is 10.0. The molecule has 1 aromatic rings. The molecule has 0 spiro atoms. The number of hydrogen-bond donors (Lipinski definition) is 0. The average Bonchev–Trinajstić information content (AvgIpc) is 2.03. The van der Waals surface area contributed by atoms with Gasteiger partial charge in [0.15, 0.2) is 0 Å². The molecule has 0 heterocycles. The van der Waals surface area contributed by atoms with Crippen LogP contribution in [0.5, 0.6) is 0 Å². The van der Waals surface area contributed by atoms with Gasteiger partial charge in [-0.05, 0) is 29.6 Å². The van der Waals surface area contributed by atoms with Crippen molar-refractivity contribution >= 4 is 16.8 Å². The number of nitro groups is 1. The van der Waals surface area contributed by atoms with Crippen molar-refractivity contribution < 1.29 is 43.2 Å². The smallest absolute Gasteiger partial charge is 0.768 e. The average molecular weight is 223 g/mol. The normalized spacial score (nSPS) is 11.6. The van der Waals surface area contributed by atoms with Crippen molar-refractivity contribution in [2.75, 3.05) is 0 Å². The second-order valence-corrected chi connectivity index (χ2v) is 3.35. The van der Waals surface area contributed by atoms with E-state index < -0.39 is 16.0 Å². The van der Waals surface area contributed by atoms with Crippen molar-refractivity contribution in [3.8, 4) is 0 Å². The summed E-state index contributed by atoms with van der Waals surface area (Å²) in [6.07, 6.45) is 0. The molecule has 14 heavy (non-hydrogen) atoms. The maximum absolute atomic E-state index is 10.5. The van der Waals surface area contributed by atoms with E-state index in [2.05, 4.69) is 0 Å². The van der Waals surface area contributed by atoms with Gasteiger partial charge in [0.05, 0.1) is 4.92 Å². The largest absolute Gasteiger partial charge is 1.00 e. The molecule has 0 aliphatic carbocycles. The summed E-state index contributed by atoms with van der Waals surface area (Å²) >= 11 is -2.33. The summed E-state index contributed by atoms with van der Waals surface area (Å²) < 4.78 is 21.1. The number of nitrogens with zero attached hydrogens (tertiary/aromatic N) is 1. The zero-order valence-corrected chi connectivity index (χ0v) is 10.5. The van der Waals surface area contributed by atoms with Gasteiger partial charge in [0.1, 0.15) is 0 Å². The van der Waals surface area contributed by atoms with Gasteiger partial charge in [0, 0.05) is 17.0 Å². The summed E-state index contributed by atoms with van der Waals surface area (Å²) in [5, 5.41) is 10.3. The first kappa shape index (κ1) is 13.7. The summed E-state index contributed by atoms with van der Waals surface area (Å²) in [5.74, 6) is 0. The maximum Gasteiger partial charge on any atom is 1.00 e. The Balaban J connectivity index is 0.00000169. The van der Waals surface area contributed by atoms with Crippen molar-refractivity contribution in [3.05, 3.63) is 33.9 Å². The van der Waals surface area contributed by atoms with Crippen molar-refractivity contribution in [2.24, 2.45) is 0 Å². The van der Waals surface area contributed by atoms with E-state index in [0.717, 1.165) is 6.07 Å². The van der Waals surface area contributed by atoms with Crippen LogP contribution in [-0.2, 0) is 11.1 Å². The summed E-state index contributed by atoms with van der Waals surface area (Å²) in [6.45, 7) is 1.51. The Kier molecular flexibility index (Phi) is 5.46. The Morgan fingerprint density at radius 1 is 1.43 bits per heavy atom. The molecule has 0 aliphatic heterocycles. The number of benzene rings is 1. The molecule has 0 aliphatic rings. The van der Waals surface area contributed by atoms with Crippen molar-refractivity contribution in [2.45, 2.75) is 11.8 Å². The molecule has 0 saturated heterocycles. The third kappa shape index (κ3) is 3.14. The van der Waals surface area contributed by atoms with Crippen LogP contribution < -0.4 is 29.6 Å². The topological polar surface area (TPSA) is 83.3 Å². The molecule has 0 saturated carbocycles. The molecule has 1 rings (SSSR count). The quantitative estimate of drug-likeness (QED) is 0.255. The molecule has 7 heteroatoms. The van der Waals surface area contributed by atoms with E-state index in [4.69, 9.17) is 0 Å². The van der Waals surface area contributed by atoms with E-state index in [1.807, 2.05) is 0 Å². The van der Waals surface area contributed by atoms with Crippen molar-refractivity contribution in [1.29, 1.82) is 0 Å². The van der Waals surface area contributed by atoms with Gasteiger partial charge in [0.25, 0.3) is 5.69 Å². The van der Waals surface area contributed by atoms with Crippen LogP contribution in [0.3, 0.4) is 0 Å². The molecule has 1 unspecified atom stereocenters. The van der Waals surface area contributed by atoms with Crippen molar-refractivity contribution in [3.63, 3.8) is 0 Å². The molecule has 1 aromatic carbocycles. The van der Waals surface area contributed by atoms with Gasteiger partial charge < -0.3 is 4.55 Å². The van der Waals surface area contributed by atoms with Crippen LogP contribution in [0, 0.1) is 17.0 Å². The van der Waals surface area contributed by atoms with E-state index in [9.17, 15) is 18.9 Å². The fraction of sp³-hybridized carbons (Fsp3) is 0.143. The number of rotatable bonds is 2. The fourth-order valence-electron chi connectivity index (χ4n) is 0.934. The van der Waals surface area contributed by atoms with Gasteiger partial charge in [-0.15, -0.1) is 0 Å². The van der Waals surface area contributed by atoms with Crippen LogP contribution in [-0.4, -0.2) is 13.7 Å². The van der Waals surface area contributed by atoms with Crippen LogP contribution in [0.1, 0.15) is 5.56 Å². The summed E-state index contributed by atoms with van der Waals surface area (Å²) in [6, 6.07) is 3.61. The minimum Gasteiger partial charge on any atom is -0.768 e. The molecule has 0 amide bonds. The predicted molar refractivity (Wildman–Crippen MR) is 45.0 cm³/mol. The molecular weight excluding hydrogens is 217 g/mol. The Morgan fingerprint density at radius 2 is 2.00 bits per heavy atom. The minimum atomic E-state index is -2.33. The third-order valence-electron chi connectivity index (χ3n) is 1.55. The van der Waals surface area contributed by atoms with Gasteiger partial charge in [-0.25, -0.2) is 0 Å². The van der Waals surface area contributed by atoms with Crippen molar-refractivity contribution in [1.82, 2.24) is 0 Å².